The SMILES string of the molecule is Nc1ccn(C2OC(CO)C(F)C2=CF)c(=O)n1. The van der Waals surface area contributed by atoms with E-state index in [1.807, 2.05) is 0 Å². The molecular formula is C10H11F2N3O3. The van der Waals surface area contributed by atoms with Gasteiger partial charge in [-0.1, -0.05) is 0 Å². The van der Waals surface area contributed by atoms with E-state index >= 15 is 0 Å². The standard InChI is InChI=1S/C10H11F2N3O3/c11-3-5-8(12)6(4-16)18-9(5)15-2-1-7(13)14-10(15)17/h1-3,6,8-9,16H,4H2,(H2,13,14,17). The van der Waals surface area contributed by atoms with Crippen molar-refractivity contribution in [2.75, 3.05) is 12.3 Å². The van der Waals surface area contributed by atoms with Crippen molar-refractivity contribution in [1.29, 1.82) is 0 Å². The molecule has 1 aromatic heterocycles. The molecule has 0 aliphatic carbocycles. The number of halogens is 2. The van der Waals surface area contributed by atoms with Gasteiger partial charge in [0.2, 0.25) is 0 Å². The molecule has 18 heavy (non-hydrogen) atoms. The number of nitrogen functional groups attached to an aromatic ring is 1. The molecule has 1 aromatic rings. The summed E-state index contributed by atoms with van der Waals surface area (Å²) in [6.45, 7) is -0.619. The summed E-state index contributed by atoms with van der Waals surface area (Å²) in [7, 11) is 0. The van der Waals surface area contributed by atoms with Crippen LogP contribution in [0.25, 0.3) is 0 Å². The summed E-state index contributed by atoms with van der Waals surface area (Å²) in [4.78, 5) is 15.0. The molecule has 3 atom stereocenters. The van der Waals surface area contributed by atoms with E-state index in [0.29, 0.717) is 0 Å². The third kappa shape index (κ3) is 2.00. The van der Waals surface area contributed by atoms with Crippen LogP contribution in [0.2, 0.25) is 0 Å². The number of anilines is 1. The first-order chi connectivity index (χ1) is 8.58. The molecule has 1 saturated heterocycles. The molecule has 98 valence electrons. The summed E-state index contributed by atoms with van der Waals surface area (Å²) < 4.78 is 32.3. The molecule has 0 aromatic carbocycles. The average molecular weight is 259 g/mol. The summed E-state index contributed by atoms with van der Waals surface area (Å²) in [6, 6.07) is 1.31. The maximum Gasteiger partial charge on any atom is 0.351 e. The zero-order valence-corrected chi connectivity index (χ0v) is 9.16. The number of nitrogens with two attached hydrogens (primary N) is 1. The van der Waals surface area contributed by atoms with Crippen LogP contribution < -0.4 is 11.4 Å². The number of nitrogens with zero attached hydrogens (tertiary/aromatic N) is 2. The minimum atomic E-state index is -1.81. The fourth-order valence-electron chi connectivity index (χ4n) is 1.74. The lowest BCUT2D eigenvalue weighted by molar-refractivity contribution is -0.0322. The zero-order chi connectivity index (χ0) is 13.3. The zero-order valence-electron chi connectivity index (χ0n) is 9.16. The molecule has 6 nitrogen and oxygen atoms in total. The number of hydrogen-bond donors (Lipinski definition) is 2. The molecule has 1 aliphatic heterocycles. The van der Waals surface area contributed by atoms with E-state index in [1.165, 1.54) is 12.3 Å². The first-order valence-electron chi connectivity index (χ1n) is 5.13. The fraction of sp³-hybridized carbons (Fsp3) is 0.400. The molecule has 2 rings (SSSR count). The number of ether oxygens (including phenoxy) is 1. The van der Waals surface area contributed by atoms with Crippen LogP contribution in [0.5, 0.6) is 0 Å². The van der Waals surface area contributed by atoms with Gasteiger partial charge in [-0.3, -0.25) is 4.57 Å². The molecule has 0 bridgehead atoms. The first-order valence-corrected chi connectivity index (χ1v) is 5.13. The molecule has 1 aliphatic rings. The Morgan fingerprint density at radius 3 is 2.94 bits per heavy atom. The quantitative estimate of drug-likeness (QED) is 0.774. The topological polar surface area (TPSA) is 90.4 Å². The number of alkyl halides is 1. The van der Waals surface area contributed by atoms with Crippen molar-refractivity contribution < 1.29 is 18.6 Å². The minimum Gasteiger partial charge on any atom is -0.394 e. The maximum atomic E-state index is 13.6. The van der Waals surface area contributed by atoms with Crippen LogP contribution in [-0.2, 0) is 4.74 Å². The summed E-state index contributed by atoms with van der Waals surface area (Å²) in [6.07, 6.45) is -3.02. The summed E-state index contributed by atoms with van der Waals surface area (Å²) in [5.74, 6) is -0.00414. The van der Waals surface area contributed by atoms with Gasteiger partial charge in [-0.05, 0) is 6.07 Å². The molecule has 0 radical (unpaired) electrons. The van der Waals surface area contributed by atoms with Crippen molar-refractivity contribution in [2.24, 2.45) is 0 Å². The highest BCUT2D eigenvalue weighted by Crippen LogP contribution is 2.35. The van der Waals surface area contributed by atoms with Gasteiger partial charge in [0, 0.05) is 11.8 Å². The van der Waals surface area contributed by atoms with E-state index < -0.39 is 30.8 Å². The third-order valence-electron chi connectivity index (χ3n) is 2.64. The van der Waals surface area contributed by atoms with Crippen LogP contribution in [0.15, 0.2) is 29.0 Å². The van der Waals surface area contributed by atoms with E-state index in [0.717, 1.165) is 4.57 Å². The molecule has 0 spiro atoms. The number of hydrogen-bond acceptors (Lipinski definition) is 5. The van der Waals surface area contributed by atoms with Gasteiger partial charge in [-0.2, -0.15) is 4.98 Å². The Labute approximate surface area is 100 Å². The summed E-state index contributed by atoms with van der Waals surface area (Å²) >= 11 is 0. The van der Waals surface area contributed by atoms with Gasteiger partial charge in [0.05, 0.1) is 12.9 Å². The van der Waals surface area contributed by atoms with Crippen molar-refractivity contribution in [3.8, 4) is 0 Å². The van der Waals surface area contributed by atoms with Crippen LogP contribution in [0.1, 0.15) is 6.23 Å². The fourth-order valence-corrected chi connectivity index (χ4v) is 1.74. The van der Waals surface area contributed by atoms with Crippen LogP contribution in [0.3, 0.4) is 0 Å². The highest BCUT2D eigenvalue weighted by atomic mass is 19.1. The predicted octanol–water partition coefficient (Wildman–Crippen LogP) is -0.0933. The summed E-state index contributed by atoms with van der Waals surface area (Å²) in [5.41, 5.74) is 4.15. The van der Waals surface area contributed by atoms with Crippen LogP contribution >= 0.6 is 0 Å². The molecule has 8 heteroatoms. The van der Waals surface area contributed by atoms with Gasteiger partial charge >= 0.3 is 5.69 Å². The molecule has 3 N–H and O–H groups in total. The van der Waals surface area contributed by atoms with Gasteiger partial charge < -0.3 is 15.6 Å². The van der Waals surface area contributed by atoms with E-state index in [2.05, 4.69) is 4.98 Å². The molecule has 3 unspecified atom stereocenters. The van der Waals surface area contributed by atoms with Crippen LogP contribution in [0, 0.1) is 0 Å². The van der Waals surface area contributed by atoms with Crippen molar-refractivity contribution in [3.05, 3.63) is 34.7 Å². The van der Waals surface area contributed by atoms with Crippen LogP contribution in [-0.4, -0.2) is 33.5 Å². The largest absolute Gasteiger partial charge is 0.394 e. The Kier molecular flexibility index (Phi) is 3.39. The Balaban J connectivity index is 2.41. The monoisotopic (exact) mass is 259 g/mol. The first kappa shape index (κ1) is 12.7. The Hall–Kier alpha value is -1.80. The average Bonchev–Trinajstić information content (AvgIpc) is 2.65. The molecule has 0 amide bonds. The van der Waals surface area contributed by atoms with Crippen LogP contribution in [0.4, 0.5) is 14.6 Å². The van der Waals surface area contributed by atoms with Gasteiger partial charge in [0.1, 0.15) is 11.9 Å². The Morgan fingerprint density at radius 1 is 1.67 bits per heavy atom. The van der Waals surface area contributed by atoms with Crippen molar-refractivity contribution in [1.82, 2.24) is 9.55 Å². The predicted molar refractivity (Wildman–Crippen MR) is 58.0 cm³/mol. The van der Waals surface area contributed by atoms with Crippen molar-refractivity contribution in [3.63, 3.8) is 0 Å². The number of aliphatic hydroxyl groups is 1. The molecule has 1 fully saturated rings. The lowest BCUT2D eigenvalue weighted by Gasteiger charge is -2.14. The molecular weight excluding hydrogens is 248 g/mol. The number of aromatic nitrogens is 2. The van der Waals surface area contributed by atoms with Crippen molar-refractivity contribution in [2.45, 2.75) is 18.5 Å². The molecule has 0 saturated carbocycles. The number of rotatable bonds is 2. The van der Waals surface area contributed by atoms with E-state index in [9.17, 15) is 13.6 Å². The second-order valence-corrected chi connectivity index (χ2v) is 3.76. The van der Waals surface area contributed by atoms with Gasteiger partial charge in [0.15, 0.2) is 12.4 Å². The lowest BCUT2D eigenvalue weighted by atomic mass is 10.1. The van der Waals surface area contributed by atoms with E-state index in [4.69, 9.17) is 15.6 Å². The lowest BCUT2D eigenvalue weighted by Crippen LogP contribution is -2.28. The molecule has 2 heterocycles. The highest BCUT2D eigenvalue weighted by Gasteiger charge is 2.41. The Morgan fingerprint density at radius 2 is 2.39 bits per heavy atom. The van der Waals surface area contributed by atoms with E-state index in [1.54, 1.807) is 0 Å². The second kappa shape index (κ2) is 4.83. The normalized spacial score (nSPS) is 29.9. The van der Waals surface area contributed by atoms with Gasteiger partial charge in [-0.25, -0.2) is 13.6 Å². The minimum absolute atomic E-state index is 0.00414. The van der Waals surface area contributed by atoms with Gasteiger partial charge in [0.25, 0.3) is 0 Å². The number of aliphatic hydroxyl groups excluding tert-OH is 1. The second-order valence-electron chi connectivity index (χ2n) is 3.76. The Bertz CT molecular complexity index is 531. The van der Waals surface area contributed by atoms with E-state index in [-0.39, 0.29) is 17.7 Å². The maximum absolute atomic E-state index is 13.6. The smallest absolute Gasteiger partial charge is 0.351 e. The van der Waals surface area contributed by atoms with Gasteiger partial charge in [-0.15, -0.1) is 0 Å². The summed E-state index contributed by atoms with van der Waals surface area (Å²) in [5, 5.41) is 8.89. The highest BCUT2D eigenvalue weighted by molar-refractivity contribution is 5.25. The third-order valence-corrected chi connectivity index (χ3v) is 2.64. The van der Waals surface area contributed by atoms with Crippen molar-refractivity contribution >= 4 is 5.82 Å².